The third-order valence-electron chi connectivity index (χ3n) is 3.78. The molecular weight excluding hydrogens is 230 g/mol. The molecule has 0 unspecified atom stereocenters. The van der Waals surface area contributed by atoms with E-state index in [1.807, 2.05) is 19.3 Å². The Hall–Kier alpha value is -0.850. The van der Waals surface area contributed by atoms with E-state index in [1.165, 1.54) is 50.5 Å². The molecule has 0 saturated heterocycles. The van der Waals surface area contributed by atoms with Crippen LogP contribution in [-0.4, -0.2) is 6.21 Å². The molecule has 1 nitrogen and oxygen atoms in total. The van der Waals surface area contributed by atoms with Crippen molar-refractivity contribution in [2.75, 3.05) is 0 Å². The first kappa shape index (κ1) is 18.1. The van der Waals surface area contributed by atoms with Gasteiger partial charge in [0.05, 0.1) is 0 Å². The minimum Gasteiger partial charge on any atom is -0.269 e. The molecule has 0 spiro atoms. The van der Waals surface area contributed by atoms with Crippen molar-refractivity contribution in [3.05, 3.63) is 23.9 Å². The Bertz CT molecular complexity index is 280. The van der Waals surface area contributed by atoms with E-state index in [4.69, 9.17) is 0 Å². The summed E-state index contributed by atoms with van der Waals surface area (Å²) in [6.07, 6.45) is 20.9. The Morgan fingerprint density at radius 2 is 1.79 bits per heavy atom. The van der Waals surface area contributed by atoms with E-state index in [2.05, 4.69) is 24.1 Å². The average Bonchev–Trinajstić information content (AvgIpc) is 2.41. The summed E-state index contributed by atoms with van der Waals surface area (Å²) >= 11 is 0. The van der Waals surface area contributed by atoms with Crippen LogP contribution in [0.3, 0.4) is 0 Å². The number of hydrogen-bond donors (Lipinski definition) is 0. The zero-order valence-corrected chi connectivity index (χ0v) is 12.2. The molecule has 1 rings (SSSR count). The Morgan fingerprint density at radius 1 is 1.11 bits per heavy atom. The summed E-state index contributed by atoms with van der Waals surface area (Å²) in [5.74, 6) is 1.02. The number of nitrogens with zero attached hydrogens (tertiary/aromatic N) is 1. The van der Waals surface area contributed by atoms with Crippen molar-refractivity contribution >= 4 is 6.21 Å². The highest BCUT2D eigenvalue weighted by atomic mass is 14.7. The number of aliphatic imine (C=N–C) groups is 1. The summed E-state index contributed by atoms with van der Waals surface area (Å²) < 4.78 is 0. The first-order valence-corrected chi connectivity index (χ1v) is 7.61. The summed E-state index contributed by atoms with van der Waals surface area (Å²) in [7, 11) is 0. The normalized spacial score (nSPS) is 18.1. The average molecular weight is 263 g/mol. The smallest absolute Gasteiger partial charge is 0.0253 e. The highest BCUT2D eigenvalue weighted by Gasteiger charge is 2.11. The van der Waals surface area contributed by atoms with Gasteiger partial charge in [0.25, 0.3) is 0 Å². The summed E-state index contributed by atoms with van der Waals surface area (Å²) in [5, 5.41) is 0. The van der Waals surface area contributed by atoms with Crippen LogP contribution in [0.1, 0.15) is 79.1 Å². The van der Waals surface area contributed by atoms with Crippen molar-refractivity contribution in [3.63, 3.8) is 0 Å². The van der Waals surface area contributed by atoms with Crippen LogP contribution >= 0.6 is 0 Å². The molecule has 0 aromatic carbocycles. The van der Waals surface area contributed by atoms with Crippen LogP contribution in [-0.2, 0) is 0 Å². The molecule has 19 heavy (non-hydrogen) atoms. The van der Waals surface area contributed by atoms with Crippen LogP contribution in [0.2, 0.25) is 0 Å². The van der Waals surface area contributed by atoms with Crippen LogP contribution in [0.4, 0.5) is 0 Å². The van der Waals surface area contributed by atoms with E-state index in [0.29, 0.717) is 0 Å². The monoisotopic (exact) mass is 263 g/mol. The maximum absolute atomic E-state index is 4.14. The van der Waals surface area contributed by atoms with E-state index in [9.17, 15) is 0 Å². The van der Waals surface area contributed by atoms with E-state index >= 15 is 0 Å². The van der Waals surface area contributed by atoms with Crippen LogP contribution in [0.25, 0.3) is 0 Å². The van der Waals surface area contributed by atoms with Crippen molar-refractivity contribution in [3.8, 4) is 0 Å². The van der Waals surface area contributed by atoms with E-state index in [0.717, 1.165) is 18.8 Å². The minimum absolute atomic E-state index is 0. The molecular formula is C18H33N. The molecule has 0 radical (unpaired) electrons. The Labute approximate surface area is 120 Å². The molecule has 1 heteroatoms. The molecule has 0 aromatic heterocycles. The summed E-state index contributed by atoms with van der Waals surface area (Å²) in [4.78, 5) is 4.14. The summed E-state index contributed by atoms with van der Waals surface area (Å²) in [5.41, 5.74) is 1.37. The van der Waals surface area contributed by atoms with Crippen molar-refractivity contribution in [2.45, 2.75) is 79.1 Å². The number of rotatable bonds is 7. The van der Waals surface area contributed by atoms with Crippen LogP contribution in [0.5, 0.6) is 0 Å². The first-order chi connectivity index (χ1) is 8.83. The largest absolute Gasteiger partial charge is 0.269 e. The van der Waals surface area contributed by atoms with Gasteiger partial charge < -0.3 is 0 Å². The van der Waals surface area contributed by atoms with Gasteiger partial charge in [0, 0.05) is 12.4 Å². The summed E-state index contributed by atoms with van der Waals surface area (Å²) in [6.45, 7) is 4.11. The molecule has 0 heterocycles. The van der Waals surface area contributed by atoms with Crippen LogP contribution < -0.4 is 0 Å². The second-order valence-electron chi connectivity index (χ2n) is 5.47. The fourth-order valence-corrected chi connectivity index (χ4v) is 2.62. The molecule has 0 bridgehead atoms. The molecule has 0 amide bonds. The van der Waals surface area contributed by atoms with Gasteiger partial charge in [0.15, 0.2) is 0 Å². The van der Waals surface area contributed by atoms with Crippen molar-refractivity contribution in [1.29, 1.82) is 0 Å². The maximum Gasteiger partial charge on any atom is 0.0253 e. The van der Waals surface area contributed by atoms with E-state index < -0.39 is 0 Å². The Kier molecular flexibility index (Phi) is 11.7. The number of allylic oxidation sites excluding steroid dienone is 3. The van der Waals surface area contributed by atoms with Gasteiger partial charge in [-0.25, -0.2) is 0 Å². The van der Waals surface area contributed by atoms with Gasteiger partial charge in [-0.05, 0) is 45.4 Å². The third kappa shape index (κ3) is 9.69. The predicted molar refractivity (Wildman–Crippen MR) is 88.8 cm³/mol. The highest BCUT2D eigenvalue weighted by molar-refractivity contribution is 5.54. The molecule has 0 aromatic rings. The first-order valence-electron chi connectivity index (χ1n) is 7.61. The van der Waals surface area contributed by atoms with Crippen molar-refractivity contribution in [1.82, 2.24) is 0 Å². The van der Waals surface area contributed by atoms with E-state index in [1.54, 1.807) is 0 Å². The second kappa shape index (κ2) is 12.2. The van der Waals surface area contributed by atoms with Gasteiger partial charge in [-0.15, -0.1) is 0 Å². The molecule has 110 valence electrons. The molecule has 1 saturated carbocycles. The topological polar surface area (TPSA) is 12.4 Å². The molecule has 1 aliphatic rings. The van der Waals surface area contributed by atoms with Gasteiger partial charge >= 0.3 is 0 Å². The maximum atomic E-state index is 4.14. The highest BCUT2D eigenvalue weighted by Crippen LogP contribution is 2.27. The Morgan fingerprint density at radius 3 is 2.47 bits per heavy atom. The third-order valence-corrected chi connectivity index (χ3v) is 3.78. The molecule has 1 aliphatic carbocycles. The lowest BCUT2D eigenvalue weighted by Gasteiger charge is -2.20. The van der Waals surface area contributed by atoms with Gasteiger partial charge in [-0.3, -0.25) is 4.99 Å². The lowest BCUT2D eigenvalue weighted by Crippen LogP contribution is -2.05. The Balaban J connectivity index is 0.00000324. The van der Waals surface area contributed by atoms with Gasteiger partial charge in [0.1, 0.15) is 0 Å². The van der Waals surface area contributed by atoms with Crippen LogP contribution in [0.15, 0.2) is 28.9 Å². The van der Waals surface area contributed by atoms with Crippen molar-refractivity contribution in [2.24, 2.45) is 10.9 Å². The fourth-order valence-electron chi connectivity index (χ4n) is 2.62. The lowest BCUT2D eigenvalue weighted by atomic mass is 9.86. The van der Waals surface area contributed by atoms with Gasteiger partial charge in [-0.2, -0.15) is 0 Å². The van der Waals surface area contributed by atoms with Gasteiger partial charge in [0.2, 0.25) is 0 Å². The SMILES string of the molecule is C.CC=N/C=C(\C)CC/C=C\CCC1CCCCC1. The molecule has 0 N–H and O–H groups in total. The van der Waals surface area contributed by atoms with Gasteiger partial charge in [-0.1, -0.05) is 57.3 Å². The van der Waals surface area contributed by atoms with E-state index in [-0.39, 0.29) is 7.43 Å². The second-order valence-corrected chi connectivity index (χ2v) is 5.47. The fraction of sp³-hybridized carbons (Fsp3) is 0.722. The zero-order chi connectivity index (χ0) is 13.1. The zero-order valence-electron chi connectivity index (χ0n) is 12.2. The molecule has 0 aliphatic heterocycles. The molecule has 0 atom stereocenters. The quantitative estimate of drug-likeness (QED) is 0.377. The van der Waals surface area contributed by atoms with Crippen molar-refractivity contribution < 1.29 is 0 Å². The lowest BCUT2D eigenvalue weighted by molar-refractivity contribution is 0.341. The standard InChI is InChI=1S/C17H29N.CH4/c1-3-18-15-16(2)11-7-4-5-8-12-17-13-9-6-10-14-17;/h3-5,15,17H,6-14H2,1-2H3;1H4/b5-4-,16-15+,18-3?;. The minimum atomic E-state index is 0. The predicted octanol–water partition coefficient (Wildman–Crippen LogP) is 6.31. The van der Waals surface area contributed by atoms with Crippen LogP contribution in [0, 0.1) is 5.92 Å². The number of hydrogen-bond acceptors (Lipinski definition) is 1. The molecule has 1 fully saturated rings. The summed E-state index contributed by atoms with van der Waals surface area (Å²) in [6, 6.07) is 0.